The lowest BCUT2D eigenvalue weighted by Crippen LogP contribution is -2.53. The van der Waals surface area contributed by atoms with E-state index in [0.29, 0.717) is 29.4 Å². The predicted octanol–water partition coefficient (Wildman–Crippen LogP) is 6.02. The number of sulfonamides is 1. The van der Waals surface area contributed by atoms with Crippen molar-refractivity contribution in [3.63, 3.8) is 0 Å². The van der Waals surface area contributed by atoms with Gasteiger partial charge in [0.15, 0.2) is 0 Å². The molecule has 0 aliphatic carbocycles. The van der Waals surface area contributed by atoms with E-state index in [1.165, 1.54) is 29.2 Å². The molecule has 0 aliphatic rings. The van der Waals surface area contributed by atoms with E-state index >= 15 is 0 Å². The molecule has 1 atom stereocenters. The zero-order valence-electron chi connectivity index (χ0n) is 25.6. The fourth-order valence-corrected chi connectivity index (χ4v) is 6.40. The highest BCUT2D eigenvalue weighted by molar-refractivity contribution is 7.92. The number of hydrogen-bond acceptors (Lipinski definition) is 5. The van der Waals surface area contributed by atoms with Gasteiger partial charge in [-0.1, -0.05) is 78.7 Å². The molecule has 0 heterocycles. The SMILES string of the molecule is CCCNC(=O)[C@H](Cc1ccccc1)N(Cc1cccc(OC)c1)C(=O)CN(c1ccc(C)cc1)S(=O)(=O)c1ccc(Cl)cc1. The lowest BCUT2D eigenvalue weighted by atomic mass is 10.0. The number of rotatable bonds is 14. The number of benzene rings is 4. The molecule has 4 aromatic carbocycles. The van der Waals surface area contributed by atoms with Crippen molar-refractivity contribution in [2.24, 2.45) is 0 Å². The van der Waals surface area contributed by atoms with Crippen LogP contribution in [0.2, 0.25) is 5.02 Å². The summed E-state index contributed by atoms with van der Waals surface area (Å²) in [6.45, 7) is 3.80. The first-order valence-electron chi connectivity index (χ1n) is 14.7. The third-order valence-electron chi connectivity index (χ3n) is 7.31. The number of aryl methyl sites for hydroxylation is 1. The number of halogens is 1. The molecule has 0 saturated heterocycles. The highest BCUT2D eigenvalue weighted by atomic mass is 35.5. The fourth-order valence-electron chi connectivity index (χ4n) is 4.86. The first-order valence-corrected chi connectivity index (χ1v) is 16.5. The monoisotopic (exact) mass is 647 g/mol. The van der Waals surface area contributed by atoms with Crippen LogP contribution in [0.1, 0.15) is 30.0 Å². The van der Waals surface area contributed by atoms with E-state index in [4.69, 9.17) is 16.3 Å². The standard InChI is InChI=1S/C35H38ClN3O5S/c1-4-21-37-35(41)33(23-27-9-6-5-7-10-27)38(24-28-11-8-12-31(22-28)44-3)34(40)25-39(30-17-13-26(2)14-18-30)45(42,43)32-19-15-29(36)16-20-32/h5-20,22,33H,4,21,23-25H2,1-3H3,(H,37,41)/t33-/m0/s1. The van der Waals surface area contributed by atoms with Gasteiger partial charge in [-0.3, -0.25) is 13.9 Å². The summed E-state index contributed by atoms with van der Waals surface area (Å²) in [4.78, 5) is 29.7. The molecule has 0 unspecified atom stereocenters. The van der Waals surface area contributed by atoms with Crippen molar-refractivity contribution in [3.05, 3.63) is 125 Å². The van der Waals surface area contributed by atoms with E-state index in [0.717, 1.165) is 21.0 Å². The molecule has 236 valence electrons. The van der Waals surface area contributed by atoms with Crippen LogP contribution in [0.5, 0.6) is 5.75 Å². The molecule has 4 rings (SSSR count). The molecule has 45 heavy (non-hydrogen) atoms. The van der Waals surface area contributed by atoms with Gasteiger partial charge in [-0.15, -0.1) is 0 Å². The minimum absolute atomic E-state index is 0.0128. The zero-order valence-corrected chi connectivity index (χ0v) is 27.2. The number of hydrogen-bond donors (Lipinski definition) is 1. The molecule has 2 amide bonds. The van der Waals surface area contributed by atoms with Gasteiger partial charge in [-0.25, -0.2) is 8.42 Å². The van der Waals surface area contributed by atoms with Crippen LogP contribution < -0.4 is 14.4 Å². The molecule has 4 aromatic rings. The van der Waals surface area contributed by atoms with E-state index in [1.807, 2.05) is 56.3 Å². The summed E-state index contributed by atoms with van der Waals surface area (Å²) in [5.74, 6) is -0.260. The predicted molar refractivity (Wildman–Crippen MR) is 178 cm³/mol. The average Bonchev–Trinajstić information content (AvgIpc) is 3.05. The quantitative estimate of drug-likeness (QED) is 0.181. The maximum atomic E-state index is 14.5. The Balaban J connectivity index is 1.80. The molecule has 0 saturated carbocycles. The summed E-state index contributed by atoms with van der Waals surface area (Å²) >= 11 is 6.05. The van der Waals surface area contributed by atoms with Crippen LogP contribution in [0.4, 0.5) is 5.69 Å². The fraction of sp³-hybridized carbons (Fsp3) is 0.257. The van der Waals surface area contributed by atoms with Gasteiger partial charge in [0.25, 0.3) is 10.0 Å². The Bertz CT molecular complexity index is 1680. The van der Waals surface area contributed by atoms with Gasteiger partial charge in [-0.05, 0) is 73.0 Å². The van der Waals surface area contributed by atoms with E-state index in [1.54, 1.807) is 43.5 Å². The largest absolute Gasteiger partial charge is 0.497 e. The summed E-state index contributed by atoms with van der Waals surface area (Å²) in [5.41, 5.74) is 2.85. The molecule has 0 aliphatic heterocycles. The highest BCUT2D eigenvalue weighted by Gasteiger charge is 2.34. The molecule has 0 radical (unpaired) electrons. The lowest BCUT2D eigenvalue weighted by Gasteiger charge is -2.34. The average molecular weight is 648 g/mol. The number of carbonyl (C=O) groups is 2. The van der Waals surface area contributed by atoms with Crippen LogP contribution in [0, 0.1) is 6.92 Å². The minimum Gasteiger partial charge on any atom is -0.497 e. The van der Waals surface area contributed by atoms with Crippen molar-refractivity contribution in [1.82, 2.24) is 10.2 Å². The number of carbonyl (C=O) groups excluding carboxylic acids is 2. The topological polar surface area (TPSA) is 96.0 Å². The van der Waals surface area contributed by atoms with Crippen molar-refractivity contribution in [1.29, 1.82) is 0 Å². The number of nitrogens with one attached hydrogen (secondary N) is 1. The summed E-state index contributed by atoms with van der Waals surface area (Å²) in [6, 6.07) is 28.5. The van der Waals surface area contributed by atoms with Crippen LogP contribution >= 0.6 is 11.6 Å². The second kappa shape index (κ2) is 15.6. The maximum Gasteiger partial charge on any atom is 0.264 e. The Kier molecular flexibility index (Phi) is 11.6. The normalized spacial score (nSPS) is 11.8. The van der Waals surface area contributed by atoms with Crippen LogP contribution in [0.15, 0.2) is 108 Å². The van der Waals surface area contributed by atoms with E-state index in [-0.39, 0.29) is 23.8 Å². The van der Waals surface area contributed by atoms with Gasteiger partial charge >= 0.3 is 0 Å². The molecule has 1 N–H and O–H groups in total. The van der Waals surface area contributed by atoms with Gasteiger partial charge in [0.1, 0.15) is 18.3 Å². The lowest BCUT2D eigenvalue weighted by molar-refractivity contribution is -0.140. The van der Waals surface area contributed by atoms with E-state index in [9.17, 15) is 18.0 Å². The van der Waals surface area contributed by atoms with Gasteiger partial charge in [0.2, 0.25) is 11.8 Å². The molecule has 8 nitrogen and oxygen atoms in total. The van der Waals surface area contributed by atoms with Gasteiger partial charge < -0.3 is 15.0 Å². The Morgan fingerprint density at radius 2 is 1.56 bits per heavy atom. The Morgan fingerprint density at radius 3 is 2.20 bits per heavy atom. The Labute approximate surface area is 270 Å². The maximum absolute atomic E-state index is 14.5. The first kappa shape index (κ1) is 33.6. The minimum atomic E-state index is -4.21. The summed E-state index contributed by atoms with van der Waals surface area (Å²) in [6.07, 6.45) is 0.953. The van der Waals surface area contributed by atoms with Crippen molar-refractivity contribution in [3.8, 4) is 5.75 Å². The van der Waals surface area contributed by atoms with E-state index < -0.39 is 28.5 Å². The Hall–Kier alpha value is -4.34. The zero-order chi connectivity index (χ0) is 32.4. The molecule has 10 heteroatoms. The smallest absolute Gasteiger partial charge is 0.264 e. The number of nitrogens with zero attached hydrogens (tertiary/aromatic N) is 2. The molecular formula is C35H38ClN3O5S. The molecule has 0 bridgehead atoms. The highest BCUT2D eigenvalue weighted by Crippen LogP contribution is 2.26. The third kappa shape index (κ3) is 8.86. The first-order chi connectivity index (χ1) is 21.6. The second-order valence-corrected chi connectivity index (χ2v) is 13.0. The summed E-state index contributed by atoms with van der Waals surface area (Å²) in [7, 11) is -2.65. The summed E-state index contributed by atoms with van der Waals surface area (Å²) < 4.78 is 34.7. The van der Waals surface area contributed by atoms with Gasteiger partial charge in [0, 0.05) is 24.5 Å². The van der Waals surface area contributed by atoms with Gasteiger partial charge in [-0.2, -0.15) is 0 Å². The number of anilines is 1. The second-order valence-electron chi connectivity index (χ2n) is 10.7. The van der Waals surface area contributed by atoms with Crippen molar-refractivity contribution < 1.29 is 22.7 Å². The molecular weight excluding hydrogens is 610 g/mol. The summed E-state index contributed by atoms with van der Waals surface area (Å²) in [5, 5.41) is 3.33. The van der Waals surface area contributed by atoms with Gasteiger partial charge in [0.05, 0.1) is 17.7 Å². The number of amides is 2. The number of methoxy groups -OCH3 is 1. The van der Waals surface area contributed by atoms with E-state index in [2.05, 4.69) is 5.32 Å². The van der Waals surface area contributed by atoms with Crippen molar-refractivity contribution in [2.75, 3.05) is 24.5 Å². The van der Waals surface area contributed by atoms with Crippen molar-refractivity contribution >= 4 is 39.1 Å². The third-order valence-corrected chi connectivity index (χ3v) is 9.35. The van der Waals surface area contributed by atoms with Crippen LogP contribution in [0.3, 0.4) is 0 Å². The Morgan fingerprint density at radius 1 is 0.889 bits per heavy atom. The van der Waals surface area contributed by atoms with Crippen LogP contribution in [0.25, 0.3) is 0 Å². The van der Waals surface area contributed by atoms with Crippen LogP contribution in [-0.4, -0.2) is 51.4 Å². The molecule has 0 fully saturated rings. The van der Waals surface area contributed by atoms with Crippen molar-refractivity contribution in [2.45, 2.75) is 44.2 Å². The van der Waals surface area contributed by atoms with Crippen LogP contribution in [-0.2, 0) is 32.6 Å². The number of ether oxygens (including phenoxy) is 1. The molecule has 0 aromatic heterocycles. The molecule has 0 spiro atoms.